The lowest BCUT2D eigenvalue weighted by Gasteiger charge is -2.14. The Hall–Kier alpha value is -2.28. The fourth-order valence-corrected chi connectivity index (χ4v) is 2.10. The topological polar surface area (TPSA) is 46.6 Å². The molecule has 1 aromatic rings. The zero-order valence-electron chi connectivity index (χ0n) is 10.3. The van der Waals surface area contributed by atoms with Gasteiger partial charge in [0.2, 0.25) is 0 Å². The number of terminal acetylenes is 1. The van der Waals surface area contributed by atoms with Crippen molar-refractivity contribution in [1.29, 1.82) is 0 Å². The standard InChI is InChI=1S/C14H13NO3/c1-4-12(18-9(2)16)11-7-5-6-10-8-15(3)14(17)13(10)11/h1,5-7,12H,8H2,2-3H3. The van der Waals surface area contributed by atoms with Crippen molar-refractivity contribution in [2.24, 2.45) is 0 Å². The summed E-state index contributed by atoms with van der Waals surface area (Å²) in [4.78, 5) is 24.7. The van der Waals surface area contributed by atoms with Crippen LogP contribution in [0.25, 0.3) is 0 Å². The zero-order chi connectivity index (χ0) is 13.3. The summed E-state index contributed by atoms with van der Waals surface area (Å²) in [5.41, 5.74) is 2.05. The van der Waals surface area contributed by atoms with Crippen LogP contribution in [-0.4, -0.2) is 23.8 Å². The molecule has 0 N–H and O–H groups in total. The van der Waals surface area contributed by atoms with Gasteiger partial charge in [-0.3, -0.25) is 9.59 Å². The highest BCUT2D eigenvalue weighted by Gasteiger charge is 2.30. The molecule has 1 aromatic carbocycles. The summed E-state index contributed by atoms with van der Waals surface area (Å²) in [6.45, 7) is 1.85. The number of amides is 1. The van der Waals surface area contributed by atoms with Gasteiger partial charge in [0, 0.05) is 26.1 Å². The number of esters is 1. The summed E-state index contributed by atoms with van der Waals surface area (Å²) in [5.74, 6) is 1.85. The summed E-state index contributed by atoms with van der Waals surface area (Å²) in [6, 6.07) is 5.42. The second-order valence-electron chi connectivity index (χ2n) is 4.20. The molecule has 0 aromatic heterocycles. The largest absolute Gasteiger partial charge is 0.444 e. The number of nitrogens with zero attached hydrogens (tertiary/aromatic N) is 1. The highest BCUT2D eigenvalue weighted by atomic mass is 16.5. The van der Waals surface area contributed by atoms with E-state index >= 15 is 0 Å². The molecule has 0 fully saturated rings. The molecule has 4 heteroatoms. The molecule has 4 nitrogen and oxygen atoms in total. The molecular weight excluding hydrogens is 230 g/mol. The Morgan fingerprint density at radius 2 is 2.28 bits per heavy atom. The third-order valence-corrected chi connectivity index (χ3v) is 2.87. The minimum atomic E-state index is -0.812. The molecule has 0 spiro atoms. The van der Waals surface area contributed by atoms with E-state index in [2.05, 4.69) is 5.92 Å². The van der Waals surface area contributed by atoms with Gasteiger partial charge in [-0.2, -0.15) is 0 Å². The lowest BCUT2D eigenvalue weighted by atomic mass is 9.99. The van der Waals surface area contributed by atoms with Gasteiger partial charge in [0.25, 0.3) is 5.91 Å². The monoisotopic (exact) mass is 243 g/mol. The van der Waals surface area contributed by atoms with E-state index in [0.717, 1.165) is 5.56 Å². The van der Waals surface area contributed by atoms with Crippen molar-refractivity contribution in [2.45, 2.75) is 19.6 Å². The Morgan fingerprint density at radius 1 is 1.56 bits per heavy atom. The van der Waals surface area contributed by atoms with Crippen molar-refractivity contribution >= 4 is 11.9 Å². The van der Waals surface area contributed by atoms with Gasteiger partial charge < -0.3 is 9.64 Å². The normalized spacial score (nSPS) is 14.9. The summed E-state index contributed by atoms with van der Waals surface area (Å²) in [5, 5.41) is 0. The van der Waals surface area contributed by atoms with Crippen molar-refractivity contribution in [1.82, 2.24) is 4.90 Å². The first-order chi connectivity index (χ1) is 8.54. The molecule has 92 valence electrons. The maximum absolute atomic E-state index is 12.0. The average molecular weight is 243 g/mol. The SMILES string of the molecule is C#CC(OC(C)=O)c1cccc2c1C(=O)N(C)C2. The lowest BCUT2D eigenvalue weighted by Crippen LogP contribution is -2.19. The van der Waals surface area contributed by atoms with Crippen LogP contribution < -0.4 is 0 Å². The number of ether oxygens (including phenoxy) is 1. The average Bonchev–Trinajstić information content (AvgIpc) is 2.62. The van der Waals surface area contributed by atoms with Crippen LogP contribution in [0.5, 0.6) is 0 Å². The van der Waals surface area contributed by atoms with E-state index in [1.54, 1.807) is 18.0 Å². The first-order valence-electron chi connectivity index (χ1n) is 5.55. The number of rotatable bonds is 2. The molecule has 1 aliphatic heterocycles. The Morgan fingerprint density at radius 3 is 2.89 bits per heavy atom. The zero-order valence-corrected chi connectivity index (χ0v) is 10.3. The molecule has 0 bridgehead atoms. The quantitative estimate of drug-likeness (QED) is 0.584. The van der Waals surface area contributed by atoms with Crippen LogP contribution >= 0.6 is 0 Å². The van der Waals surface area contributed by atoms with E-state index in [-0.39, 0.29) is 5.91 Å². The van der Waals surface area contributed by atoms with Crippen molar-refractivity contribution in [3.8, 4) is 12.3 Å². The highest BCUT2D eigenvalue weighted by Crippen LogP contribution is 2.30. The third-order valence-electron chi connectivity index (χ3n) is 2.87. The van der Waals surface area contributed by atoms with E-state index in [1.165, 1.54) is 6.92 Å². The summed E-state index contributed by atoms with van der Waals surface area (Å²) in [7, 11) is 1.73. The van der Waals surface area contributed by atoms with Gasteiger partial charge in [0.15, 0.2) is 6.10 Å². The first-order valence-corrected chi connectivity index (χ1v) is 5.55. The minimum absolute atomic E-state index is 0.0898. The molecule has 1 heterocycles. The van der Waals surface area contributed by atoms with E-state index in [0.29, 0.717) is 17.7 Å². The number of carbonyl (C=O) groups excluding carboxylic acids is 2. The van der Waals surface area contributed by atoms with Gasteiger partial charge in [0.1, 0.15) is 0 Å². The predicted molar refractivity (Wildman–Crippen MR) is 65.6 cm³/mol. The number of carbonyl (C=O) groups is 2. The minimum Gasteiger partial charge on any atom is -0.444 e. The molecule has 1 unspecified atom stereocenters. The fraction of sp³-hybridized carbons (Fsp3) is 0.286. The number of benzene rings is 1. The van der Waals surface area contributed by atoms with Crippen LogP contribution in [-0.2, 0) is 16.1 Å². The van der Waals surface area contributed by atoms with Crippen molar-refractivity contribution in [2.75, 3.05) is 7.05 Å². The van der Waals surface area contributed by atoms with Crippen LogP contribution in [0.4, 0.5) is 0 Å². The predicted octanol–water partition coefficient (Wildman–Crippen LogP) is 1.51. The molecule has 0 saturated carbocycles. The number of hydrogen-bond donors (Lipinski definition) is 0. The van der Waals surface area contributed by atoms with Gasteiger partial charge in [0.05, 0.1) is 5.56 Å². The van der Waals surface area contributed by atoms with Crippen LogP contribution in [0, 0.1) is 12.3 Å². The molecular formula is C14H13NO3. The van der Waals surface area contributed by atoms with Gasteiger partial charge in [-0.25, -0.2) is 0 Å². The maximum atomic E-state index is 12.0. The molecule has 1 aliphatic rings. The van der Waals surface area contributed by atoms with Crippen LogP contribution in [0.3, 0.4) is 0 Å². The fourth-order valence-electron chi connectivity index (χ4n) is 2.10. The molecule has 0 saturated heterocycles. The molecule has 0 aliphatic carbocycles. The second kappa shape index (κ2) is 4.53. The van der Waals surface area contributed by atoms with Gasteiger partial charge in [-0.05, 0) is 5.56 Å². The Balaban J connectivity index is 2.48. The molecule has 1 atom stereocenters. The van der Waals surface area contributed by atoms with Crippen molar-refractivity contribution in [3.05, 3.63) is 34.9 Å². The summed E-state index contributed by atoms with van der Waals surface area (Å²) >= 11 is 0. The highest BCUT2D eigenvalue weighted by molar-refractivity contribution is 5.99. The van der Waals surface area contributed by atoms with Crippen molar-refractivity contribution < 1.29 is 14.3 Å². The third kappa shape index (κ3) is 1.95. The van der Waals surface area contributed by atoms with E-state index < -0.39 is 12.1 Å². The number of hydrogen-bond acceptors (Lipinski definition) is 3. The molecule has 18 heavy (non-hydrogen) atoms. The van der Waals surface area contributed by atoms with Crippen molar-refractivity contribution in [3.63, 3.8) is 0 Å². The Labute approximate surface area is 106 Å². The summed E-state index contributed by atoms with van der Waals surface area (Å²) in [6.07, 6.45) is 4.56. The van der Waals surface area contributed by atoms with E-state index in [1.807, 2.05) is 12.1 Å². The lowest BCUT2D eigenvalue weighted by molar-refractivity contribution is -0.144. The molecule has 1 amide bonds. The second-order valence-corrected chi connectivity index (χ2v) is 4.20. The molecule has 2 rings (SSSR count). The van der Waals surface area contributed by atoms with Gasteiger partial charge >= 0.3 is 5.97 Å². The Kier molecular flexibility index (Phi) is 3.07. The van der Waals surface area contributed by atoms with E-state index in [4.69, 9.17) is 11.2 Å². The van der Waals surface area contributed by atoms with Crippen LogP contribution in [0.1, 0.15) is 34.5 Å². The summed E-state index contributed by atoms with van der Waals surface area (Å²) < 4.78 is 5.05. The maximum Gasteiger partial charge on any atom is 0.304 e. The Bertz CT molecular complexity index is 557. The number of fused-ring (bicyclic) bond motifs is 1. The first kappa shape index (κ1) is 12.2. The van der Waals surface area contributed by atoms with E-state index in [9.17, 15) is 9.59 Å². The smallest absolute Gasteiger partial charge is 0.304 e. The van der Waals surface area contributed by atoms with Gasteiger partial charge in [-0.15, -0.1) is 6.42 Å². The van der Waals surface area contributed by atoms with Crippen LogP contribution in [0.2, 0.25) is 0 Å². The van der Waals surface area contributed by atoms with Gasteiger partial charge in [-0.1, -0.05) is 24.1 Å². The molecule has 0 radical (unpaired) electrons. The van der Waals surface area contributed by atoms with Crippen LogP contribution in [0.15, 0.2) is 18.2 Å².